The topological polar surface area (TPSA) is 76.0 Å². The van der Waals surface area contributed by atoms with Gasteiger partial charge in [-0.1, -0.05) is 12.1 Å². The standard InChI is InChI=1S/C13H18N4O2S/c1-14-11-12-4-2-5-13(10-12)20(18,19)16-7-9-17-8-3-6-15-17/h2-6,8,10,14,16H,7,9,11H2,1H3. The molecule has 0 aliphatic carbocycles. The lowest BCUT2D eigenvalue weighted by Crippen LogP contribution is -2.27. The Balaban J connectivity index is 2.00. The van der Waals surface area contributed by atoms with E-state index in [1.807, 2.05) is 13.1 Å². The summed E-state index contributed by atoms with van der Waals surface area (Å²) < 4.78 is 28.6. The van der Waals surface area contributed by atoms with Crippen molar-refractivity contribution in [2.75, 3.05) is 13.6 Å². The highest BCUT2D eigenvalue weighted by Crippen LogP contribution is 2.11. The predicted octanol–water partition coefficient (Wildman–Crippen LogP) is 0.581. The molecule has 0 unspecified atom stereocenters. The summed E-state index contributed by atoms with van der Waals surface area (Å²) in [7, 11) is -1.65. The third kappa shape index (κ3) is 3.89. The van der Waals surface area contributed by atoms with E-state index in [-0.39, 0.29) is 4.90 Å². The van der Waals surface area contributed by atoms with Crippen LogP contribution in [0.2, 0.25) is 0 Å². The fourth-order valence-corrected chi connectivity index (χ4v) is 2.93. The Kier molecular flexibility index (Phi) is 4.89. The lowest BCUT2D eigenvalue weighted by atomic mass is 10.2. The molecule has 1 aromatic carbocycles. The Morgan fingerprint density at radius 1 is 1.30 bits per heavy atom. The van der Waals surface area contributed by atoms with Crippen LogP contribution < -0.4 is 10.0 Å². The van der Waals surface area contributed by atoms with Gasteiger partial charge in [-0.3, -0.25) is 4.68 Å². The first kappa shape index (κ1) is 14.7. The van der Waals surface area contributed by atoms with Crippen molar-refractivity contribution in [2.45, 2.75) is 18.0 Å². The molecule has 0 bridgehead atoms. The summed E-state index contributed by atoms with van der Waals surface area (Å²) in [5.74, 6) is 0. The zero-order valence-electron chi connectivity index (χ0n) is 11.3. The maximum atomic E-state index is 12.2. The van der Waals surface area contributed by atoms with E-state index < -0.39 is 10.0 Å². The van der Waals surface area contributed by atoms with E-state index in [1.54, 1.807) is 41.3 Å². The monoisotopic (exact) mass is 294 g/mol. The summed E-state index contributed by atoms with van der Waals surface area (Å²) in [6.45, 7) is 1.44. The average Bonchev–Trinajstić information content (AvgIpc) is 2.92. The molecule has 2 aromatic rings. The van der Waals surface area contributed by atoms with E-state index in [0.717, 1.165) is 5.56 Å². The van der Waals surface area contributed by atoms with Crippen molar-refractivity contribution in [2.24, 2.45) is 0 Å². The fraction of sp³-hybridized carbons (Fsp3) is 0.308. The third-order valence-corrected chi connectivity index (χ3v) is 4.24. The number of hydrogen-bond donors (Lipinski definition) is 2. The smallest absolute Gasteiger partial charge is 0.240 e. The van der Waals surface area contributed by atoms with Crippen LogP contribution in [-0.4, -0.2) is 31.8 Å². The maximum absolute atomic E-state index is 12.2. The Labute approximate surface area is 118 Å². The number of rotatable bonds is 7. The van der Waals surface area contributed by atoms with Crippen LogP contribution in [0, 0.1) is 0 Å². The van der Waals surface area contributed by atoms with E-state index in [2.05, 4.69) is 15.1 Å². The fourth-order valence-electron chi connectivity index (χ4n) is 1.84. The van der Waals surface area contributed by atoms with Crippen molar-refractivity contribution in [3.05, 3.63) is 48.3 Å². The van der Waals surface area contributed by atoms with Crippen LogP contribution in [0.15, 0.2) is 47.6 Å². The molecule has 0 atom stereocenters. The van der Waals surface area contributed by atoms with Crippen molar-refractivity contribution in [3.8, 4) is 0 Å². The molecule has 0 spiro atoms. The lowest BCUT2D eigenvalue weighted by molar-refractivity contribution is 0.560. The van der Waals surface area contributed by atoms with Gasteiger partial charge in [-0.05, 0) is 30.8 Å². The number of nitrogens with zero attached hydrogens (tertiary/aromatic N) is 2. The highest BCUT2D eigenvalue weighted by atomic mass is 32.2. The predicted molar refractivity (Wildman–Crippen MR) is 76.6 cm³/mol. The van der Waals surface area contributed by atoms with Gasteiger partial charge < -0.3 is 5.32 Å². The number of aromatic nitrogens is 2. The molecule has 0 amide bonds. The molecule has 0 fully saturated rings. The Morgan fingerprint density at radius 3 is 2.85 bits per heavy atom. The zero-order valence-corrected chi connectivity index (χ0v) is 12.1. The first-order valence-corrected chi connectivity index (χ1v) is 7.81. The van der Waals surface area contributed by atoms with Crippen LogP contribution >= 0.6 is 0 Å². The summed E-state index contributed by atoms with van der Waals surface area (Å²) >= 11 is 0. The van der Waals surface area contributed by atoms with Gasteiger partial charge in [0.1, 0.15) is 0 Å². The van der Waals surface area contributed by atoms with E-state index in [0.29, 0.717) is 19.6 Å². The molecule has 2 N–H and O–H groups in total. The van der Waals surface area contributed by atoms with Gasteiger partial charge in [0, 0.05) is 25.5 Å². The Bertz CT molecular complexity index is 638. The normalized spacial score (nSPS) is 11.7. The first-order chi connectivity index (χ1) is 9.62. The van der Waals surface area contributed by atoms with Gasteiger partial charge >= 0.3 is 0 Å². The second-order valence-electron chi connectivity index (χ2n) is 4.34. The van der Waals surface area contributed by atoms with Crippen molar-refractivity contribution < 1.29 is 8.42 Å². The van der Waals surface area contributed by atoms with Crippen LogP contribution in [0.1, 0.15) is 5.56 Å². The highest BCUT2D eigenvalue weighted by Gasteiger charge is 2.13. The molecule has 2 rings (SSSR count). The minimum absolute atomic E-state index is 0.283. The SMILES string of the molecule is CNCc1cccc(S(=O)(=O)NCCn2cccn2)c1. The van der Waals surface area contributed by atoms with E-state index in [1.165, 1.54) is 0 Å². The number of nitrogens with one attached hydrogen (secondary N) is 2. The molecule has 1 aromatic heterocycles. The molecule has 0 saturated carbocycles. The third-order valence-electron chi connectivity index (χ3n) is 2.78. The molecular weight excluding hydrogens is 276 g/mol. The van der Waals surface area contributed by atoms with Gasteiger partial charge in [-0.15, -0.1) is 0 Å². The summed E-state index contributed by atoms with van der Waals surface area (Å²) in [6, 6.07) is 8.70. The molecule has 0 aliphatic rings. The molecule has 0 saturated heterocycles. The molecule has 0 radical (unpaired) electrons. The minimum Gasteiger partial charge on any atom is -0.316 e. The summed E-state index contributed by atoms with van der Waals surface area (Å²) in [6.07, 6.45) is 3.46. The average molecular weight is 294 g/mol. The lowest BCUT2D eigenvalue weighted by Gasteiger charge is -2.08. The van der Waals surface area contributed by atoms with Crippen molar-refractivity contribution >= 4 is 10.0 Å². The zero-order chi connectivity index (χ0) is 14.4. The van der Waals surface area contributed by atoms with Crippen molar-refractivity contribution in [1.82, 2.24) is 19.8 Å². The van der Waals surface area contributed by atoms with Gasteiger partial charge in [0.2, 0.25) is 10.0 Å². The molecule has 1 heterocycles. The van der Waals surface area contributed by atoms with Gasteiger partial charge in [0.25, 0.3) is 0 Å². The number of sulfonamides is 1. The highest BCUT2D eigenvalue weighted by molar-refractivity contribution is 7.89. The summed E-state index contributed by atoms with van der Waals surface area (Å²) in [5.41, 5.74) is 0.933. The second kappa shape index (κ2) is 6.65. The van der Waals surface area contributed by atoms with Gasteiger partial charge in [0.15, 0.2) is 0 Å². The quantitative estimate of drug-likeness (QED) is 0.783. The van der Waals surface area contributed by atoms with Crippen molar-refractivity contribution in [1.29, 1.82) is 0 Å². The van der Waals surface area contributed by atoms with Crippen molar-refractivity contribution in [3.63, 3.8) is 0 Å². The van der Waals surface area contributed by atoms with E-state index >= 15 is 0 Å². The second-order valence-corrected chi connectivity index (χ2v) is 6.11. The Morgan fingerprint density at radius 2 is 2.15 bits per heavy atom. The minimum atomic E-state index is -3.47. The van der Waals surface area contributed by atoms with Gasteiger partial charge in [0.05, 0.1) is 11.4 Å². The first-order valence-electron chi connectivity index (χ1n) is 6.32. The van der Waals surface area contributed by atoms with Crippen LogP contribution in [0.5, 0.6) is 0 Å². The molecule has 108 valence electrons. The van der Waals surface area contributed by atoms with Crippen LogP contribution in [-0.2, 0) is 23.1 Å². The Hall–Kier alpha value is -1.70. The number of benzene rings is 1. The van der Waals surface area contributed by atoms with Crippen LogP contribution in [0.3, 0.4) is 0 Å². The van der Waals surface area contributed by atoms with Crippen LogP contribution in [0.4, 0.5) is 0 Å². The summed E-state index contributed by atoms with van der Waals surface area (Å²) in [4.78, 5) is 0.283. The largest absolute Gasteiger partial charge is 0.316 e. The van der Waals surface area contributed by atoms with Crippen LogP contribution in [0.25, 0.3) is 0 Å². The molecule has 7 heteroatoms. The van der Waals surface area contributed by atoms with Gasteiger partial charge in [-0.2, -0.15) is 5.10 Å². The molecular formula is C13H18N4O2S. The summed E-state index contributed by atoms with van der Waals surface area (Å²) in [5, 5.41) is 7.02. The molecule has 6 nitrogen and oxygen atoms in total. The number of hydrogen-bond acceptors (Lipinski definition) is 4. The van der Waals surface area contributed by atoms with Gasteiger partial charge in [-0.25, -0.2) is 13.1 Å². The van der Waals surface area contributed by atoms with E-state index in [9.17, 15) is 8.42 Å². The maximum Gasteiger partial charge on any atom is 0.240 e. The molecule has 0 aliphatic heterocycles. The van der Waals surface area contributed by atoms with E-state index in [4.69, 9.17) is 0 Å². The molecule has 20 heavy (non-hydrogen) atoms.